The summed E-state index contributed by atoms with van der Waals surface area (Å²) >= 11 is 0. The summed E-state index contributed by atoms with van der Waals surface area (Å²) in [7, 11) is 1.87. The number of hydrogen-bond donors (Lipinski definition) is 1. The molecule has 1 N–H and O–H groups in total. The first-order chi connectivity index (χ1) is 6.27. The molecule has 1 aliphatic rings. The van der Waals surface area contributed by atoms with E-state index in [1.54, 1.807) is 10.9 Å². The van der Waals surface area contributed by atoms with Crippen LogP contribution in [0.2, 0.25) is 0 Å². The quantitative estimate of drug-likeness (QED) is 0.765. The van der Waals surface area contributed by atoms with Crippen LogP contribution in [0.4, 0.5) is 0 Å². The third-order valence-corrected chi connectivity index (χ3v) is 2.75. The van der Waals surface area contributed by atoms with E-state index in [0.29, 0.717) is 0 Å². The molecule has 0 amide bonds. The van der Waals surface area contributed by atoms with Gasteiger partial charge in [-0.2, -0.15) is 5.10 Å². The second-order valence-corrected chi connectivity index (χ2v) is 3.92. The Morgan fingerprint density at radius 1 is 1.69 bits per heavy atom. The van der Waals surface area contributed by atoms with Crippen LogP contribution in [0.1, 0.15) is 37.5 Å². The van der Waals surface area contributed by atoms with Crippen molar-refractivity contribution in [1.29, 1.82) is 0 Å². The molecule has 0 aromatic carbocycles. The fourth-order valence-corrected chi connectivity index (χ4v) is 1.66. The van der Waals surface area contributed by atoms with E-state index in [9.17, 15) is 5.11 Å². The van der Waals surface area contributed by atoms with Crippen molar-refractivity contribution in [1.82, 2.24) is 9.78 Å². The zero-order chi connectivity index (χ0) is 9.26. The minimum atomic E-state index is -0.326. The van der Waals surface area contributed by atoms with E-state index in [1.807, 2.05) is 13.1 Å². The van der Waals surface area contributed by atoms with Gasteiger partial charge in [-0.25, -0.2) is 0 Å². The molecular formula is C10H16N2O. The van der Waals surface area contributed by atoms with Gasteiger partial charge in [-0.3, -0.25) is 4.68 Å². The fraction of sp³-hybridized carbons (Fsp3) is 0.700. The van der Waals surface area contributed by atoms with Crippen LogP contribution in [-0.4, -0.2) is 14.9 Å². The molecule has 0 saturated heterocycles. The van der Waals surface area contributed by atoms with Crippen LogP contribution < -0.4 is 0 Å². The Morgan fingerprint density at radius 3 is 3.00 bits per heavy atom. The van der Waals surface area contributed by atoms with Gasteiger partial charge in [-0.15, -0.1) is 0 Å². The predicted octanol–water partition coefficient (Wildman–Crippen LogP) is 1.64. The molecule has 1 heterocycles. The van der Waals surface area contributed by atoms with Gasteiger partial charge in [0.25, 0.3) is 0 Å². The summed E-state index contributed by atoms with van der Waals surface area (Å²) < 4.78 is 1.75. The molecule has 3 nitrogen and oxygen atoms in total. The molecule has 1 aromatic rings. The highest BCUT2D eigenvalue weighted by Gasteiger charge is 2.22. The first kappa shape index (κ1) is 8.75. The lowest BCUT2D eigenvalue weighted by molar-refractivity contribution is 0.153. The molecule has 0 bridgehead atoms. The molecule has 72 valence electrons. The number of rotatable bonds is 4. The summed E-state index contributed by atoms with van der Waals surface area (Å²) in [5.74, 6) is 0.892. The van der Waals surface area contributed by atoms with Gasteiger partial charge in [0, 0.05) is 13.2 Å². The largest absolute Gasteiger partial charge is 0.387 e. The van der Waals surface area contributed by atoms with Crippen LogP contribution in [0.15, 0.2) is 12.3 Å². The molecular weight excluding hydrogens is 164 g/mol. The van der Waals surface area contributed by atoms with Gasteiger partial charge in [0.05, 0.1) is 11.8 Å². The molecule has 1 saturated carbocycles. The average molecular weight is 180 g/mol. The number of aromatic nitrogens is 2. The van der Waals surface area contributed by atoms with Crippen molar-refractivity contribution in [2.45, 2.75) is 31.8 Å². The summed E-state index contributed by atoms with van der Waals surface area (Å²) in [5, 5.41) is 13.8. The smallest absolute Gasteiger partial charge is 0.0956 e. The van der Waals surface area contributed by atoms with Gasteiger partial charge >= 0.3 is 0 Å². The molecule has 0 spiro atoms. The minimum absolute atomic E-state index is 0.326. The fourth-order valence-electron chi connectivity index (χ4n) is 1.66. The van der Waals surface area contributed by atoms with Gasteiger partial charge in [0.15, 0.2) is 0 Å². The van der Waals surface area contributed by atoms with Crippen LogP contribution in [0.5, 0.6) is 0 Å². The van der Waals surface area contributed by atoms with Crippen molar-refractivity contribution in [2.24, 2.45) is 13.0 Å². The molecule has 1 atom stereocenters. The Labute approximate surface area is 78.4 Å². The van der Waals surface area contributed by atoms with Gasteiger partial charge in [-0.05, 0) is 24.8 Å². The molecule has 1 aliphatic carbocycles. The third kappa shape index (κ3) is 2.10. The Hall–Kier alpha value is -0.830. The molecule has 0 radical (unpaired) electrons. The second kappa shape index (κ2) is 3.50. The van der Waals surface area contributed by atoms with Crippen LogP contribution in [0.3, 0.4) is 0 Å². The van der Waals surface area contributed by atoms with E-state index in [-0.39, 0.29) is 6.10 Å². The second-order valence-electron chi connectivity index (χ2n) is 3.92. The lowest BCUT2D eigenvalue weighted by Crippen LogP contribution is -2.05. The number of hydrogen-bond acceptors (Lipinski definition) is 2. The lowest BCUT2D eigenvalue weighted by atomic mass is 10.1. The van der Waals surface area contributed by atoms with E-state index in [2.05, 4.69) is 5.10 Å². The highest BCUT2D eigenvalue weighted by Crippen LogP contribution is 2.35. The van der Waals surface area contributed by atoms with E-state index >= 15 is 0 Å². The Balaban J connectivity index is 1.88. The molecule has 2 rings (SSSR count). The topological polar surface area (TPSA) is 38.0 Å². The Kier molecular flexibility index (Phi) is 2.36. The van der Waals surface area contributed by atoms with Crippen LogP contribution in [0.25, 0.3) is 0 Å². The predicted molar refractivity (Wildman–Crippen MR) is 50.1 cm³/mol. The molecule has 1 unspecified atom stereocenters. The van der Waals surface area contributed by atoms with Crippen LogP contribution in [0, 0.1) is 5.92 Å². The van der Waals surface area contributed by atoms with Crippen LogP contribution in [-0.2, 0) is 7.05 Å². The zero-order valence-corrected chi connectivity index (χ0v) is 7.98. The molecule has 13 heavy (non-hydrogen) atoms. The van der Waals surface area contributed by atoms with Crippen molar-refractivity contribution in [3.05, 3.63) is 18.0 Å². The monoisotopic (exact) mass is 180 g/mol. The number of aryl methyl sites for hydroxylation is 1. The van der Waals surface area contributed by atoms with Gasteiger partial charge in [0.2, 0.25) is 0 Å². The lowest BCUT2D eigenvalue weighted by Gasteiger charge is -2.09. The standard InChI is InChI=1S/C10H16N2O/c1-12-9(6-7-11-12)10(13)5-4-8-2-3-8/h6-8,10,13H,2-5H2,1H3. The maximum Gasteiger partial charge on any atom is 0.0956 e. The summed E-state index contributed by atoms with van der Waals surface area (Å²) in [6, 6.07) is 1.89. The first-order valence-electron chi connectivity index (χ1n) is 4.93. The summed E-state index contributed by atoms with van der Waals surface area (Å²) in [4.78, 5) is 0. The van der Waals surface area contributed by atoms with E-state index in [0.717, 1.165) is 24.5 Å². The normalized spacial score (nSPS) is 18.9. The van der Waals surface area contributed by atoms with Crippen molar-refractivity contribution < 1.29 is 5.11 Å². The SMILES string of the molecule is Cn1nccc1C(O)CCC1CC1. The molecule has 1 aromatic heterocycles. The van der Waals surface area contributed by atoms with Crippen molar-refractivity contribution in [3.8, 4) is 0 Å². The van der Waals surface area contributed by atoms with Crippen molar-refractivity contribution in [3.63, 3.8) is 0 Å². The maximum absolute atomic E-state index is 9.81. The van der Waals surface area contributed by atoms with Gasteiger partial charge in [-0.1, -0.05) is 12.8 Å². The van der Waals surface area contributed by atoms with Crippen LogP contribution >= 0.6 is 0 Å². The van der Waals surface area contributed by atoms with Gasteiger partial charge in [0.1, 0.15) is 0 Å². The maximum atomic E-state index is 9.81. The van der Waals surface area contributed by atoms with Gasteiger partial charge < -0.3 is 5.11 Å². The number of aliphatic hydroxyl groups is 1. The van der Waals surface area contributed by atoms with E-state index in [4.69, 9.17) is 0 Å². The highest BCUT2D eigenvalue weighted by atomic mass is 16.3. The summed E-state index contributed by atoms with van der Waals surface area (Å²) in [5.41, 5.74) is 0.931. The highest BCUT2D eigenvalue weighted by molar-refractivity contribution is 5.03. The summed E-state index contributed by atoms with van der Waals surface area (Å²) in [6.45, 7) is 0. The summed E-state index contributed by atoms with van der Waals surface area (Å²) in [6.07, 6.45) is 6.16. The number of aliphatic hydroxyl groups excluding tert-OH is 1. The van der Waals surface area contributed by atoms with E-state index < -0.39 is 0 Å². The third-order valence-electron chi connectivity index (χ3n) is 2.75. The Bertz CT molecular complexity index is 278. The van der Waals surface area contributed by atoms with Crippen molar-refractivity contribution in [2.75, 3.05) is 0 Å². The first-order valence-corrected chi connectivity index (χ1v) is 4.93. The molecule has 1 fully saturated rings. The minimum Gasteiger partial charge on any atom is -0.387 e. The molecule has 0 aliphatic heterocycles. The van der Waals surface area contributed by atoms with Crippen molar-refractivity contribution >= 4 is 0 Å². The average Bonchev–Trinajstić information content (AvgIpc) is 2.84. The zero-order valence-electron chi connectivity index (χ0n) is 7.98. The van der Waals surface area contributed by atoms with E-state index in [1.165, 1.54) is 12.8 Å². The number of nitrogens with zero attached hydrogens (tertiary/aromatic N) is 2. The molecule has 3 heteroatoms. The Morgan fingerprint density at radius 2 is 2.46 bits per heavy atom.